The summed E-state index contributed by atoms with van der Waals surface area (Å²) in [5.74, 6) is 0. The molecule has 0 bridgehead atoms. The molecule has 0 aliphatic carbocycles. The largest absolute Gasteiger partial charge is 0.378 e. The highest BCUT2D eigenvalue weighted by molar-refractivity contribution is 5.27. The van der Waals surface area contributed by atoms with Gasteiger partial charge in [0.2, 0.25) is 0 Å². The molecular weight excluding hydrogens is 146 g/mol. The zero-order valence-corrected chi connectivity index (χ0v) is 9.02. The van der Waals surface area contributed by atoms with Crippen molar-refractivity contribution in [2.24, 2.45) is 0 Å². The molecule has 0 saturated heterocycles. The van der Waals surface area contributed by atoms with E-state index in [-0.39, 0.29) is 0 Å². The van der Waals surface area contributed by atoms with Crippen LogP contribution in [0.15, 0.2) is 23.4 Å². The average Bonchev–Trinajstić information content (AvgIpc) is 1.99. The summed E-state index contributed by atoms with van der Waals surface area (Å²) in [5.41, 5.74) is 2.73. The van der Waals surface area contributed by atoms with Crippen LogP contribution in [0.4, 0.5) is 0 Å². The highest BCUT2D eigenvalue weighted by Gasteiger charge is 1.99. The van der Waals surface area contributed by atoms with Crippen molar-refractivity contribution in [1.29, 1.82) is 0 Å². The van der Waals surface area contributed by atoms with Gasteiger partial charge in [0.15, 0.2) is 0 Å². The van der Waals surface area contributed by atoms with Crippen LogP contribution in [-0.2, 0) is 0 Å². The van der Waals surface area contributed by atoms with Gasteiger partial charge < -0.3 is 4.90 Å². The van der Waals surface area contributed by atoms with Crippen molar-refractivity contribution in [3.05, 3.63) is 23.4 Å². The summed E-state index contributed by atoms with van der Waals surface area (Å²) in [5, 5.41) is 0. The molecule has 0 unspecified atom stereocenters. The molecule has 1 nitrogen and oxygen atoms in total. The second kappa shape index (κ2) is 5.87. The Balaban J connectivity index is 4.52. The molecule has 0 aliphatic rings. The van der Waals surface area contributed by atoms with Gasteiger partial charge in [0, 0.05) is 19.8 Å². The van der Waals surface area contributed by atoms with Gasteiger partial charge in [-0.25, -0.2) is 0 Å². The van der Waals surface area contributed by atoms with Gasteiger partial charge >= 0.3 is 0 Å². The molecule has 0 saturated carbocycles. The molecule has 0 rings (SSSR count). The quantitative estimate of drug-likeness (QED) is 0.581. The van der Waals surface area contributed by atoms with E-state index in [0.717, 1.165) is 12.8 Å². The van der Waals surface area contributed by atoms with Gasteiger partial charge in [-0.1, -0.05) is 26.0 Å². The Morgan fingerprint density at radius 3 is 1.92 bits per heavy atom. The summed E-state index contributed by atoms with van der Waals surface area (Å²) in [6.45, 7) is 6.51. The summed E-state index contributed by atoms with van der Waals surface area (Å²) < 4.78 is 0. The molecule has 1 heteroatoms. The third-order valence-corrected chi connectivity index (χ3v) is 1.79. The number of nitrogens with zero attached hydrogens (tertiary/aromatic N) is 1. The predicted octanol–water partition coefficient (Wildman–Crippen LogP) is 3.20. The van der Waals surface area contributed by atoms with Crippen LogP contribution in [-0.4, -0.2) is 19.0 Å². The monoisotopic (exact) mass is 167 g/mol. The predicted molar refractivity (Wildman–Crippen MR) is 56.1 cm³/mol. The molecule has 0 radical (unpaired) electrons. The Morgan fingerprint density at radius 1 is 1.08 bits per heavy atom. The van der Waals surface area contributed by atoms with E-state index < -0.39 is 0 Å². The molecule has 0 fully saturated rings. The fourth-order valence-electron chi connectivity index (χ4n) is 1.30. The highest BCUT2D eigenvalue weighted by Crippen LogP contribution is 2.12. The Kier molecular flexibility index (Phi) is 5.52. The van der Waals surface area contributed by atoms with Gasteiger partial charge in [0.25, 0.3) is 0 Å². The number of hydrogen-bond donors (Lipinski definition) is 0. The lowest BCUT2D eigenvalue weighted by Gasteiger charge is -2.17. The summed E-state index contributed by atoms with van der Waals surface area (Å²) in [7, 11) is 4.18. The first kappa shape index (κ1) is 11.3. The third kappa shape index (κ3) is 3.61. The second-order valence-electron chi connectivity index (χ2n) is 3.19. The average molecular weight is 167 g/mol. The van der Waals surface area contributed by atoms with Gasteiger partial charge in [0.1, 0.15) is 0 Å². The molecule has 0 spiro atoms. The second-order valence-corrected chi connectivity index (χ2v) is 3.19. The Labute approximate surface area is 76.8 Å². The van der Waals surface area contributed by atoms with E-state index in [0.29, 0.717) is 0 Å². The number of rotatable bonds is 4. The maximum Gasteiger partial charge on any atom is 0.0346 e. The molecule has 12 heavy (non-hydrogen) atoms. The molecule has 0 atom stereocenters. The summed E-state index contributed by atoms with van der Waals surface area (Å²) in [4.78, 5) is 2.17. The summed E-state index contributed by atoms with van der Waals surface area (Å²) >= 11 is 0. The lowest BCUT2D eigenvalue weighted by molar-refractivity contribution is 0.518. The zero-order chi connectivity index (χ0) is 9.56. The van der Waals surface area contributed by atoms with Gasteiger partial charge in [-0.3, -0.25) is 0 Å². The van der Waals surface area contributed by atoms with E-state index in [9.17, 15) is 0 Å². The first-order chi connectivity index (χ1) is 5.63. The van der Waals surface area contributed by atoms with E-state index in [2.05, 4.69) is 51.9 Å². The summed E-state index contributed by atoms with van der Waals surface area (Å²) in [6.07, 6.45) is 6.74. The Bertz CT molecular complexity index is 175. The van der Waals surface area contributed by atoms with Crippen molar-refractivity contribution in [3.8, 4) is 0 Å². The Hall–Kier alpha value is -0.720. The molecular formula is C11H21N. The molecule has 0 aromatic heterocycles. The van der Waals surface area contributed by atoms with E-state index in [1.807, 2.05) is 0 Å². The van der Waals surface area contributed by atoms with E-state index >= 15 is 0 Å². The summed E-state index contributed by atoms with van der Waals surface area (Å²) in [6, 6.07) is 0. The maximum atomic E-state index is 2.27. The van der Waals surface area contributed by atoms with Crippen LogP contribution in [0.25, 0.3) is 0 Å². The minimum atomic E-state index is 1.10. The van der Waals surface area contributed by atoms with Crippen molar-refractivity contribution in [2.75, 3.05) is 14.1 Å². The van der Waals surface area contributed by atoms with Crippen LogP contribution in [0.1, 0.15) is 33.6 Å². The van der Waals surface area contributed by atoms with Gasteiger partial charge in [-0.15, -0.1) is 0 Å². The fourth-order valence-corrected chi connectivity index (χ4v) is 1.30. The number of hydrogen-bond acceptors (Lipinski definition) is 1. The Morgan fingerprint density at radius 2 is 1.58 bits per heavy atom. The van der Waals surface area contributed by atoms with E-state index in [4.69, 9.17) is 0 Å². The van der Waals surface area contributed by atoms with Crippen LogP contribution in [0.5, 0.6) is 0 Å². The molecule has 0 aliphatic heterocycles. The minimum absolute atomic E-state index is 1.10. The van der Waals surface area contributed by atoms with Crippen molar-refractivity contribution in [1.82, 2.24) is 4.90 Å². The lowest BCUT2D eigenvalue weighted by atomic mass is 10.1. The van der Waals surface area contributed by atoms with Crippen molar-refractivity contribution in [3.63, 3.8) is 0 Å². The van der Waals surface area contributed by atoms with Crippen LogP contribution >= 0.6 is 0 Å². The van der Waals surface area contributed by atoms with E-state index in [1.165, 1.54) is 11.3 Å². The normalized spacial score (nSPS) is 13.4. The number of likely N-dealkylation sites (N-methyl/N-ethyl adjacent to an activating group) is 1. The van der Waals surface area contributed by atoms with Gasteiger partial charge in [-0.2, -0.15) is 0 Å². The molecule has 0 heterocycles. The van der Waals surface area contributed by atoms with Gasteiger partial charge in [0.05, 0.1) is 0 Å². The highest BCUT2D eigenvalue weighted by atomic mass is 15.1. The topological polar surface area (TPSA) is 3.24 Å². The van der Waals surface area contributed by atoms with Crippen molar-refractivity contribution >= 4 is 0 Å². The molecule has 0 aromatic rings. The first-order valence-corrected chi connectivity index (χ1v) is 4.68. The molecule has 70 valence electrons. The molecule has 0 amide bonds. The minimum Gasteiger partial charge on any atom is -0.378 e. The van der Waals surface area contributed by atoms with Crippen LogP contribution < -0.4 is 0 Å². The van der Waals surface area contributed by atoms with E-state index in [1.54, 1.807) is 0 Å². The lowest BCUT2D eigenvalue weighted by Crippen LogP contribution is -2.11. The zero-order valence-electron chi connectivity index (χ0n) is 9.02. The third-order valence-electron chi connectivity index (χ3n) is 1.79. The van der Waals surface area contributed by atoms with Gasteiger partial charge in [-0.05, 0) is 25.3 Å². The SMILES string of the molecule is CCC=C(C)/C(=C/CC)N(C)C. The fraction of sp³-hybridized carbons (Fsp3) is 0.636. The maximum absolute atomic E-state index is 2.27. The molecule has 0 aromatic carbocycles. The standard InChI is InChI=1S/C11H21N/c1-6-8-10(3)11(9-7-2)12(4)5/h8-9H,6-7H2,1-5H3/b10-8?,11-9-. The van der Waals surface area contributed by atoms with Crippen molar-refractivity contribution < 1.29 is 0 Å². The smallest absolute Gasteiger partial charge is 0.0346 e. The van der Waals surface area contributed by atoms with Crippen LogP contribution in [0.2, 0.25) is 0 Å². The van der Waals surface area contributed by atoms with Crippen LogP contribution in [0.3, 0.4) is 0 Å². The number of allylic oxidation sites excluding steroid dienone is 3. The van der Waals surface area contributed by atoms with Crippen LogP contribution in [0, 0.1) is 0 Å². The molecule has 0 N–H and O–H groups in total. The first-order valence-electron chi connectivity index (χ1n) is 4.68. The van der Waals surface area contributed by atoms with Crippen molar-refractivity contribution in [2.45, 2.75) is 33.6 Å².